The number of rotatable bonds is 8. The second-order valence-electron chi connectivity index (χ2n) is 9.13. The van der Waals surface area contributed by atoms with Crippen LogP contribution in [0.4, 0.5) is 0 Å². The molecule has 0 aromatic heterocycles. The van der Waals surface area contributed by atoms with Gasteiger partial charge in [-0.3, -0.25) is 0 Å². The highest BCUT2D eigenvalue weighted by Gasteiger charge is 2.22. The smallest absolute Gasteiger partial charge is 0.00120 e. The molecule has 2 heteroatoms. The fraction of sp³-hybridized carbons (Fsp3) is 1.00. The maximum absolute atomic E-state index is 2.58. The van der Waals surface area contributed by atoms with Crippen molar-refractivity contribution in [3.05, 3.63) is 0 Å². The molecule has 2 rings (SSSR count). The summed E-state index contributed by atoms with van der Waals surface area (Å²) in [7, 11) is 0. The molecule has 0 saturated heterocycles. The maximum atomic E-state index is 2.58. The minimum atomic E-state index is 0.967. The summed E-state index contributed by atoms with van der Waals surface area (Å²) in [5.74, 6) is 3.92. The molecule has 2 nitrogen and oxygen atoms in total. The van der Waals surface area contributed by atoms with Crippen LogP contribution >= 0.6 is 0 Å². The Hall–Kier alpha value is -0.0800. The van der Waals surface area contributed by atoms with E-state index in [1.165, 1.54) is 90.6 Å². The molecule has 0 spiro atoms. The highest BCUT2D eigenvalue weighted by Crippen LogP contribution is 2.30. The van der Waals surface area contributed by atoms with E-state index in [1.54, 1.807) is 0 Å². The van der Waals surface area contributed by atoms with Gasteiger partial charge in [-0.15, -0.1) is 0 Å². The summed E-state index contributed by atoms with van der Waals surface area (Å²) in [6, 6.07) is 0. The van der Waals surface area contributed by atoms with Crippen LogP contribution in [0.2, 0.25) is 0 Å². The van der Waals surface area contributed by atoms with Crippen LogP contribution in [0.15, 0.2) is 0 Å². The fourth-order valence-corrected chi connectivity index (χ4v) is 5.05. The first-order valence-electron chi connectivity index (χ1n) is 14.0. The lowest BCUT2D eigenvalue weighted by molar-refractivity contribution is 0.169. The molecule has 0 N–H and O–H groups in total. The van der Waals surface area contributed by atoms with E-state index in [-0.39, 0.29) is 0 Å². The van der Waals surface area contributed by atoms with Crippen LogP contribution < -0.4 is 0 Å². The summed E-state index contributed by atoms with van der Waals surface area (Å²) in [5.41, 5.74) is 0. The van der Waals surface area contributed by atoms with Crippen molar-refractivity contribution in [1.82, 2.24) is 9.80 Å². The average Bonchev–Trinajstić information content (AvgIpc) is 2.80. The zero-order valence-electron chi connectivity index (χ0n) is 23.1. The van der Waals surface area contributed by atoms with E-state index in [4.69, 9.17) is 0 Å². The van der Waals surface area contributed by atoms with Crippen LogP contribution in [0.1, 0.15) is 121 Å². The summed E-state index contributed by atoms with van der Waals surface area (Å²) in [4.78, 5) is 5.15. The normalized spacial score (nSPS) is 26.0. The van der Waals surface area contributed by atoms with E-state index in [2.05, 4.69) is 51.3 Å². The van der Waals surface area contributed by atoms with Crippen LogP contribution in [0.5, 0.6) is 0 Å². The first-order valence-corrected chi connectivity index (χ1v) is 14.0. The molecule has 0 radical (unpaired) electrons. The van der Waals surface area contributed by atoms with Gasteiger partial charge in [-0.25, -0.2) is 0 Å². The van der Waals surface area contributed by atoms with E-state index in [0.717, 1.165) is 23.7 Å². The molecule has 2 aliphatic rings. The second-order valence-corrected chi connectivity index (χ2v) is 9.13. The van der Waals surface area contributed by atoms with Crippen LogP contribution in [0.3, 0.4) is 0 Å². The predicted molar refractivity (Wildman–Crippen MR) is 141 cm³/mol. The van der Waals surface area contributed by atoms with Gasteiger partial charge < -0.3 is 9.80 Å². The Morgan fingerprint density at radius 1 is 0.600 bits per heavy atom. The lowest BCUT2D eigenvalue weighted by atomic mass is 9.80. The first kappa shape index (κ1) is 32.1. The van der Waals surface area contributed by atoms with Gasteiger partial charge in [0, 0.05) is 13.1 Å². The van der Waals surface area contributed by atoms with Crippen molar-refractivity contribution in [2.45, 2.75) is 121 Å². The Morgan fingerprint density at radius 2 is 1.10 bits per heavy atom. The molecule has 4 unspecified atom stereocenters. The summed E-state index contributed by atoms with van der Waals surface area (Å²) in [6.07, 6.45) is 11.7. The average molecular weight is 427 g/mol. The molecular formula is C28H62N2. The Bertz CT molecular complexity index is 323. The number of nitrogens with zero attached hydrogens (tertiary/aromatic N) is 2. The summed E-state index contributed by atoms with van der Waals surface area (Å²) in [5, 5.41) is 0. The predicted octanol–water partition coefficient (Wildman–Crippen LogP) is 8.36. The third-order valence-corrected chi connectivity index (χ3v) is 7.13. The standard InChI is InChI=1S/2C12H25N.2C2H6/c1-4-13(5-2)10-12-8-6-7-11(3)9-12;1-4-13(5-2)10-12-9-7-6-8-11(12)3;2*1-2/h2*11-12H,4-10H2,1-3H3;2*1-2H3. The minimum absolute atomic E-state index is 0.967. The van der Waals surface area contributed by atoms with Crippen molar-refractivity contribution in [2.24, 2.45) is 23.7 Å². The van der Waals surface area contributed by atoms with Gasteiger partial charge >= 0.3 is 0 Å². The lowest BCUT2D eigenvalue weighted by Gasteiger charge is -2.32. The van der Waals surface area contributed by atoms with Crippen molar-refractivity contribution < 1.29 is 0 Å². The van der Waals surface area contributed by atoms with E-state index >= 15 is 0 Å². The van der Waals surface area contributed by atoms with Gasteiger partial charge in [0.25, 0.3) is 0 Å². The van der Waals surface area contributed by atoms with Gasteiger partial charge in [-0.05, 0) is 69.1 Å². The molecule has 0 amide bonds. The molecule has 0 aliphatic heterocycles. The van der Waals surface area contributed by atoms with E-state index in [1.807, 2.05) is 27.7 Å². The van der Waals surface area contributed by atoms with Crippen LogP contribution in [0.25, 0.3) is 0 Å². The molecule has 30 heavy (non-hydrogen) atoms. The fourth-order valence-electron chi connectivity index (χ4n) is 5.05. The third-order valence-electron chi connectivity index (χ3n) is 7.13. The molecule has 0 aromatic carbocycles. The van der Waals surface area contributed by atoms with Gasteiger partial charge in [0.05, 0.1) is 0 Å². The third kappa shape index (κ3) is 14.8. The molecule has 2 fully saturated rings. The quantitative estimate of drug-likeness (QED) is 0.384. The van der Waals surface area contributed by atoms with Gasteiger partial charge in [0.2, 0.25) is 0 Å². The van der Waals surface area contributed by atoms with Crippen molar-refractivity contribution in [2.75, 3.05) is 39.3 Å². The summed E-state index contributed by atoms with van der Waals surface area (Å²) < 4.78 is 0. The second kappa shape index (κ2) is 22.1. The first-order chi connectivity index (χ1) is 14.5. The SMILES string of the molecule is CC.CC.CCN(CC)CC1CCCC(C)C1.CCN(CC)CC1CCCCC1C. The molecule has 0 heterocycles. The van der Waals surface area contributed by atoms with Crippen molar-refractivity contribution in [3.63, 3.8) is 0 Å². The number of hydrogen-bond donors (Lipinski definition) is 0. The van der Waals surface area contributed by atoms with E-state index in [0.29, 0.717) is 0 Å². The summed E-state index contributed by atoms with van der Waals surface area (Å²) in [6.45, 7) is 29.5. The molecule has 0 aromatic rings. The Labute approximate surface area is 193 Å². The van der Waals surface area contributed by atoms with E-state index < -0.39 is 0 Å². The number of hydrogen-bond acceptors (Lipinski definition) is 2. The van der Waals surface area contributed by atoms with Gasteiger partial charge in [0.1, 0.15) is 0 Å². The summed E-state index contributed by atoms with van der Waals surface area (Å²) >= 11 is 0. The zero-order chi connectivity index (χ0) is 23.4. The highest BCUT2D eigenvalue weighted by atomic mass is 15.1. The van der Waals surface area contributed by atoms with Crippen molar-refractivity contribution >= 4 is 0 Å². The Morgan fingerprint density at radius 3 is 1.57 bits per heavy atom. The largest absolute Gasteiger partial charge is 0.304 e. The molecule has 2 saturated carbocycles. The molecule has 2 aliphatic carbocycles. The van der Waals surface area contributed by atoms with Gasteiger partial charge in [0.15, 0.2) is 0 Å². The molecular weight excluding hydrogens is 364 g/mol. The maximum Gasteiger partial charge on any atom is 0.00120 e. The zero-order valence-corrected chi connectivity index (χ0v) is 23.1. The minimum Gasteiger partial charge on any atom is -0.304 e. The van der Waals surface area contributed by atoms with E-state index in [9.17, 15) is 0 Å². The monoisotopic (exact) mass is 426 g/mol. The molecule has 0 bridgehead atoms. The topological polar surface area (TPSA) is 6.48 Å². The molecule has 184 valence electrons. The highest BCUT2D eigenvalue weighted by molar-refractivity contribution is 4.75. The Kier molecular flexibility index (Phi) is 23.7. The Balaban J connectivity index is 0. The van der Waals surface area contributed by atoms with Gasteiger partial charge in [-0.1, -0.05) is 101 Å². The van der Waals surface area contributed by atoms with Gasteiger partial charge in [-0.2, -0.15) is 0 Å². The van der Waals surface area contributed by atoms with Crippen LogP contribution in [0, 0.1) is 23.7 Å². The molecule has 4 atom stereocenters. The lowest BCUT2D eigenvalue weighted by Crippen LogP contribution is -2.33. The van der Waals surface area contributed by atoms with Crippen LogP contribution in [-0.2, 0) is 0 Å². The van der Waals surface area contributed by atoms with Crippen molar-refractivity contribution in [1.29, 1.82) is 0 Å². The van der Waals surface area contributed by atoms with Crippen LogP contribution in [-0.4, -0.2) is 49.1 Å². The van der Waals surface area contributed by atoms with Crippen molar-refractivity contribution in [3.8, 4) is 0 Å².